The number of aryl methyl sites for hydroxylation is 1. The highest BCUT2D eigenvalue weighted by Gasteiger charge is 2.17. The first-order valence-corrected chi connectivity index (χ1v) is 7.66. The predicted molar refractivity (Wildman–Crippen MR) is 91.6 cm³/mol. The van der Waals surface area contributed by atoms with Crippen LogP contribution < -0.4 is 0 Å². The third-order valence-electron chi connectivity index (χ3n) is 4.05. The van der Waals surface area contributed by atoms with Crippen molar-refractivity contribution in [3.8, 4) is 11.3 Å². The first-order chi connectivity index (χ1) is 11.7. The fourth-order valence-electron chi connectivity index (χ4n) is 2.80. The van der Waals surface area contributed by atoms with Crippen molar-refractivity contribution in [2.24, 2.45) is 4.99 Å². The standard InChI is InChI=1S/C18H14N4O2/c23-22(24)15-8-6-14(7-9-15)16-10-11-21-18(19-16)12-17(20-21)13-4-2-1-3-5-13/h1-9,12H,10-11H2. The Morgan fingerprint density at radius 2 is 1.75 bits per heavy atom. The molecule has 0 radical (unpaired) electrons. The average molecular weight is 318 g/mol. The van der Waals surface area contributed by atoms with Crippen molar-refractivity contribution < 1.29 is 4.92 Å². The molecule has 0 amide bonds. The molecule has 24 heavy (non-hydrogen) atoms. The van der Waals surface area contributed by atoms with Gasteiger partial charge in [-0.25, -0.2) is 9.67 Å². The van der Waals surface area contributed by atoms with E-state index in [1.165, 1.54) is 12.1 Å². The monoisotopic (exact) mass is 318 g/mol. The smallest absolute Gasteiger partial charge is 0.258 e. The van der Waals surface area contributed by atoms with Crippen LogP contribution in [0.25, 0.3) is 11.3 Å². The Morgan fingerprint density at radius 1 is 1.00 bits per heavy atom. The second kappa shape index (κ2) is 5.73. The Labute approximate surface area is 138 Å². The molecule has 1 aliphatic heterocycles. The lowest BCUT2D eigenvalue weighted by Gasteiger charge is -2.13. The normalized spacial score (nSPS) is 13.2. The molecule has 0 atom stereocenters. The number of fused-ring (bicyclic) bond motifs is 1. The molecule has 2 aromatic carbocycles. The number of nitrogens with zero attached hydrogens (tertiary/aromatic N) is 4. The molecule has 6 heteroatoms. The first-order valence-electron chi connectivity index (χ1n) is 7.66. The number of aromatic nitrogens is 2. The van der Waals surface area contributed by atoms with Crippen molar-refractivity contribution in [1.29, 1.82) is 0 Å². The van der Waals surface area contributed by atoms with Crippen LogP contribution in [0.15, 0.2) is 65.7 Å². The van der Waals surface area contributed by atoms with E-state index in [4.69, 9.17) is 0 Å². The van der Waals surface area contributed by atoms with Gasteiger partial charge in [0.1, 0.15) is 0 Å². The Bertz CT molecular complexity index is 927. The second-order valence-electron chi connectivity index (χ2n) is 5.59. The molecule has 1 aromatic heterocycles. The predicted octanol–water partition coefficient (Wildman–Crippen LogP) is 3.98. The van der Waals surface area contributed by atoms with Gasteiger partial charge in [0.25, 0.3) is 5.69 Å². The molecule has 0 saturated heterocycles. The van der Waals surface area contributed by atoms with Crippen molar-refractivity contribution in [2.45, 2.75) is 13.0 Å². The van der Waals surface area contributed by atoms with E-state index in [-0.39, 0.29) is 5.69 Å². The van der Waals surface area contributed by atoms with Crippen LogP contribution >= 0.6 is 0 Å². The minimum absolute atomic E-state index is 0.0894. The zero-order chi connectivity index (χ0) is 16.5. The number of nitro groups is 1. The fourth-order valence-corrected chi connectivity index (χ4v) is 2.80. The van der Waals surface area contributed by atoms with Gasteiger partial charge in [-0.15, -0.1) is 0 Å². The lowest BCUT2D eigenvalue weighted by Crippen LogP contribution is -2.13. The molecule has 0 spiro atoms. The largest absolute Gasteiger partial charge is 0.269 e. The van der Waals surface area contributed by atoms with E-state index >= 15 is 0 Å². The lowest BCUT2D eigenvalue weighted by molar-refractivity contribution is -0.384. The van der Waals surface area contributed by atoms with Crippen molar-refractivity contribution in [1.82, 2.24) is 9.78 Å². The van der Waals surface area contributed by atoms with Gasteiger partial charge in [-0.05, 0) is 17.7 Å². The third-order valence-corrected chi connectivity index (χ3v) is 4.05. The first kappa shape index (κ1) is 14.3. The number of aliphatic imine (C=N–C) groups is 1. The molecule has 0 fully saturated rings. The SMILES string of the molecule is O=[N+]([O-])c1ccc(C2=Nc3cc(-c4ccccc4)nn3CC2)cc1. The van der Waals surface area contributed by atoms with Crippen molar-refractivity contribution in [2.75, 3.05) is 0 Å². The van der Waals surface area contributed by atoms with Crippen LogP contribution in [0.1, 0.15) is 12.0 Å². The van der Waals surface area contributed by atoms with E-state index in [0.29, 0.717) is 0 Å². The van der Waals surface area contributed by atoms with Crippen LogP contribution in [0.5, 0.6) is 0 Å². The van der Waals surface area contributed by atoms with Gasteiger partial charge in [-0.1, -0.05) is 30.3 Å². The van der Waals surface area contributed by atoms with Gasteiger partial charge < -0.3 is 0 Å². The quantitative estimate of drug-likeness (QED) is 0.541. The second-order valence-corrected chi connectivity index (χ2v) is 5.59. The van der Waals surface area contributed by atoms with Gasteiger partial charge in [0.2, 0.25) is 0 Å². The summed E-state index contributed by atoms with van der Waals surface area (Å²) >= 11 is 0. The highest BCUT2D eigenvalue weighted by molar-refractivity contribution is 6.02. The van der Waals surface area contributed by atoms with Crippen molar-refractivity contribution in [3.05, 3.63) is 76.3 Å². The van der Waals surface area contributed by atoms with Crippen LogP contribution in [-0.2, 0) is 6.54 Å². The highest BCUT2D eigenvalue weighted by atomic mass is 16.6. The summed E-state index contributed by atoms with van der Waals surface area (Å²) in [5, 5.41) is 15.4. The molecule has 118 valence electrons. The van der Waals surface area contributed by atoms with Crippen LogP contribution in [0, 0.1) is 10.1 Å². The van der Waals surface area contributed by atoms with Crippen molar-refractivity contribution >= 4 is 17.2 Å². The summed E-state index contributed by atoms with van der Waals surface area (Å²) in [5.41, 5.74) is 3.89. The topological polar surface area (TPSA) is 73.3 Å². The van der Waals surface area contributed by atoms with Crippen molar-refractivity contribution in [3.63, 3.8) is 0 Å². The minimum atomic E-state index is -0.395. The van der Waals surface area contributed by atoms with E-state index in [0.717, 1.165) is 41.3 Å². The molecule has 4 rings (SSSR count). The maximum absolute atomic E-state index is 10.8. The zero-order valence-corrected chi connectivity index (χ0v) is 12.8. The highest BCUT2D eigenvalue weighted by Crippen LogP contribution is 2.28. The molecule has 0 unspecified atom stereocenters. The summed E-state index contributed by atoms with van der Waals surface area (Å²) in [6.45, 7) is 0.748. The number of hydrogen-bond donors (Lipinski definition) is 0. The van der Waals surface area contributed by atoms with Crippen LogP contribution in [0.4, 0.5) is 11.5 Å². The maximum atomic E-state index is 10.8. The van der Waals surface area contributed by atoms with Gasteiger partial charge in [0.05, 0.1) is 16.3 Å². The number of benzene rings is 2. The lowest BCUT2D eigenvalue weighted by atomic mass is 10.1. The molecule has 2 heterocycles. The fraction of sp³-hybridized carbons (Fsp3) is 0.111. The van der Waals surface area contributed by atoms with Crippen LogP contribution in [0.3, 0.4) is 0 Å². The van der Waals surface area contributed by atoms with Gasteiger partial charge in [0, 0.05) is 36.7 Å². The molecular weight excluding hydrogens is 304 g/mol. The average Bonchev–Trinajstić information content (AvgIpc) is 3.06. The van der Waals surface area contributed by atoms with E-state index in [9.17, 15) is 10.1 Å². The molecule has 1 aliphatic rings. The molecule has 0 saturated carbocycles. The molecule has 6 nitrogen and oxygen atoms in total. The number of hydrogen-bond acceptors (Lipinski definition) is 4. The summed E-state index contributed by atoms with van der Waals surface area (Å²) in [7, 11) is 0. The molecule has 0 bridgehead atoms. The number of nitro benzene ring substituents is 1. The zero-order valence-electron chi connectivity index (χ0n) is 12.8. The summed E-state index contributed by atoms with van der Waals surface area (Å²) in [5.74, 6) is 0.813. The minimum Gasteiger partial charge on any atom is -0.258 e. The summed E-state index contributed by atoms with van der Waals surface area (Å²) in [6, 6.07) is 18.5. The van der Waals surface area contributed by atoms with E-state index in [1.807, 2.05) is 41.1 Å². The number of non-ortho nitro benzene ring substituents is 1. The van der Waals surface area contributed by atoms with Gasteiger partial charge in [-0.3, -0.25) is 10.1 Å². The maximum Gasteiger partial charge on any atom is 0.269 e. The summed E-state index contributed by atoms with van der Waals surface area (Å²) in [6.07, 6.45) is 0.751. The van der Waals surface area contributed by atoms with E-state index in [2.05, 4.69) is 10.1 Å². The third kappa shape index (κ3) is 2.58. The summed E-state index contributed by atoms with van der Waals surface area (Å²) in [4.78, 5) is 15.0. The molecule has 3 aromatic rings. The number of rotatable bonds is 3. The Morgan fingerprint density at radius 3 is 2.46 bits per heavy atom. The molecular formula is C18H14N4O2. The van der Waals surface area contributed by atoms with E-state index in [1.54, 1.807) is 12.1 Å². The van der Waals surface area contributed by atoms with Gasteiger partial charge in [-0.2, -0.15) is 5.10 Å². The van der Waals surface area contributed by atoms with Gasteiger partial charge in [0.15, 0.2) is 5.82 Å². The Balaban J connectivity index is 1.67. The van der Waals surface area contributed by atoms with Crippen LogP contribution in [0.2, 0.25) is 0 Å². The van der Waals surface area contributed by atoms with Gasteiger partial charge >= 0.3 is 0 Å². The summed E-state index contributed by atoms with van der Waals surface area (Å²) < 4.78 is 1.90. The Kier molecular flexibility index (Phi) is 3.42. The molecule has 0 aliphatic carbocycles. The van der Waals surface area contributed by atoms with E-state index < -0.39 is 4.92 Å². The van der Waals surface area contributed by atoms with Crippen LogP contribution in [-0.4, -0.2) is 20.4 Å². The molecule has 0 N–H and O–H groups in total. The Hall–Kier alpha value is -3.28.